The van der Waals surface area contributed by atoms with Gasteiger partial charge in [0.1, 0.15) is 0 Å². The first-order valence-corrected chi connectivity index (χ1v) is 6.65. The summed E-state index contributed by atoms with van der Waals surface area (Å²) >= 11 is 3.36. The van der Waals surface area contributed by atoms with E-state index in [-0.39, 0.29) is 5.91 Å². The number of carbonyl (C=O) groups excluding carboxylic acids is 1. The van der Waals surface area contributed by atoms with Crippen molar-refractivity contribution < 1.29 is 4.79 Å². The number of hydrazone groups is 1. The lowest BCUT2D eigenvalue weighted by Gasteiger charge is -2.00. The van der Waals surface area contributed by atoms with Crippen LogP contribution in [0.15, 0.2) is 64.2 Å². The van der Waals surface area contributed by atoms with Crippen molar-refractivity contribution in [1.82, 2.24) is 5.43 Å². The Labute approximate surface area is 120 Å². The Morgan fingerprint density at radius 3 is 2.47 bits per heavy atom. The van der Waals surface area contributed by atoms with Gasteiger partial charge in [0.2, 0.25) is 5.91 Å². The SMILES string of the molecule is O=C(Cc1ccc(Br)cc1)NN=Cc1ccccc1. The van der Waals surface area contributed by atoms with Crippen LogP contribution in [0.25, 0.3) is 0 Å². The van der Waals surface area contributed by atoms with Gasteiger partial charge in [-0.3, -0.25) is 4.79 Å². The fourth-order valence-electron chi connectivity index (χ4n) is 1.55. The van der Waals surface area contributed by atoms with E-state index in [1.807, 2.05) is 54.6 Å². The molecule has 0 unspecified atom stereocenters. The molecular weight excluding hydrogens is 304 g/mol. The van der Waals surface area contributed by atoms with Crippen molar-refractivity contribution in [2.75, 3.05) is 0 Å². The van der Waals surface area contributed by atoms with Gasteiger partial charge in [0.15, 0.2) is 0 Å². The number of nitrogens with one attached hydrogen (secondary N) is 1. The van der Waals surface area contributed by atoms with Crippen LogP contribution in [0.1, 0.15) is 11.1 Å². The summed E-state index contributed by atoms with van der Waals surface area (Å²) in [6, 6.07) is 17.3. The van der Waals surface area contributed by atoms with Crippen LogP contribution in [0.5, 0.6) is 0 Å². The molecule has 0 bridgehead atoms. The zero-order valence-corrected chi connectivity index (χ0v) is 11.8. The van der Waals surface area contributed by atoms with E-state index in [9.17, 15) is 4.79 Å². The molecule has 96 valence electrons. The van der Waals surface area contributed by atoms with Gasteiger partial charge >= 0.3 is 0 Å². The molecule has 0 aromatic heterocycles. The Bertz CT molecular complexity index is 564. The second-order valence-electron chi connectivity index (χ2n) is 4.01. The van der Waals surface area contributed by atoms with Crippen LogP contribution in [0, 0.1) is 0 Å². The van der Waals surface area contributed by atoms with Gasteiger partial charge in [-0.15, -0.1) is 0 Å². The van der Waals surface area contributed by atoms with E-state index in [1.165, 1.54) is 0 Å². The Morgan fingerprint density at radius 2 is 1.79 bits per heavy atom. The molecule has 2 aromatic carbocycles. The summed E-state index contributed by atoms with van der Waals surface area (Å²) in [6.45, 7) is 0. The highest BCUT2D eigenvalue weighted by Crippen LogP contribution is 2.10. The molecule has 3 nitrogen and oxygen atoms in total. The minimum absolute atomic E-state index is 0.130. The number of halogens is 1. The topological polar surface area (TPSA) is 41.5 Å². The standard InChI is InChI=1S/C15H13BrN2O/c16-14-8-6-12(7-9-14)10-15(19)18-17-11-13-4-2-1-3-5-13/h1-9,11H,10H2,(H,18,19). The number of hydrogen-bond donors (Lipinski definition) is 1. The molecule has 0 fully saturated rings. The number of hydrogen-bond acceptors (Lipinski definition) is 2. The van der Waals surface area contributed by atoms with Gasteiger partial charge in [-0.25, -0.2) is 5.43 Å². The summed E-state index contributed by atoms with van der Waals surface area (Å²) in [7, 11) is 0. The molecule has 0 saturated carbocycles. The van der Waals surface area contributed by atoms with Gasteiger partial charge in [-0.2, -0.15) is 5.10 Å². The highest BCUT2D eigenvalue weighted by Gasteiger charge is 2.01. The van der Waals surface area contributed by atoms with E-state index in [1.54, 1.807) is 6.21 Å². The first kappa shape index (κ1) is 13.5. The molecule has 0 aliphatic rings. The summed E-state index contributed by atoms with van der Waals surface area (Å²) in [5, 5.41) is 3.92. The van der Waals surface area contributed by atoms with Gasteiger partial charge in [-0.1, -0.05) is 58.4 Å². The van der Waals surface area contributed by atoms with Gasteiger partial charge in [-0.05, 0) is 23.3 Å². The zero-order valence-electron chi connectivity index (χ0n) is 10.2. The van der Waals surface area contributed by atoms with Gasteiger partial charge in [0.25, 0.3) is 0 Å². The largest absolute Gasteiger partial charge is 0.273 e. The maximum atomic E-state index is 11.7. The summed E-state index contributed by atoms with van der Waals surface area (Å²) < 4.78 is 0.999. The van der Waals surface area contributed by atoms with Crippen LogP contribution in [-0.4, -0.2) is 12.1 Å². The number of benzene rings is 2. The molecule has 1 N–H and O–H groups in total. The molecule has 0 atom stereocenters. The molecule has 4 heteroatoms. The lowest BCUT2D eigenvalue weighted by atomic mass is 10.1. The predicted octanol–water partition coefficient (Wildman–Crippen LogP) is 3.14. The lowest BCUT2D eigenvalue weighted by Crippen LogP contribution is -2.19. The zero-order chi connectivity index (χ0) is 13.5. The number of amides is 1. The van der Waals surface area contributed by atoms with E-state index >= 15 is 0 Å². The summed E-state index contributed by atoms with van der Waals surface area (Å²) in [4.78, 5) is 11.7. The van der Waals surface area contributed by atoms with Crippen molar-refractivity contribution in [2.45, 2.75) is 6.42 Å². The second kappa shape index (κ2) is 6.85. The normalized spacial score (nSPS) is 10.6. The van der Waals surface area contributed by atoms with Crippen LogP contribution >= 0.6 is 15.9 Å². The molecular formula is C15H13BrN2O. The quantitative estimate of drug-likeness (QED) is 0.683. The van der Waals surface area contributed by atoms with Gasteiger partial charge < -0.3 is 0 Å². The van der Waals surface area contributed by atoms with Crippen LogP contribution in [-0.2, 0) is 11.2 Å². The minimum atomic E-state index is -0.130. The van der Waals surface area contributed by atoms with Crippen molar-refractivity contribution >= 4 is 28.1 Å². The molecule has 0 radical (unpaired) electrons. The third-order valence-corrected chi connectivity index (χ3v) is 3.01. The van der Waals surface area contributed by atoms with Crippen LogP contribution < -0.4 is 5.43 Å². The fraction of sp³-hybridized carbons (Fsp3) is 0.0667. The van der Waals surface area contributed by atoms with Crippen molar-refractivity contribution in [3.8, 4) is 0 Å². The third-order valence-electron chi connectivity index (χ3n) is 2.48. The smallest absolute Gasteiger partial charge is 0.244 e. The van der Waals surface area contributed by atoms with Gasteiger partial charge in [0, 0.05) is 4.47 Å². The molecule has 2 aromatic rings. The number of rotatable bonds is 4. The molecule has 2 rings (SSSR count). The fourth-order valence-corrected chi connectivity index (χ4v) is 1.81. The average Bonchev–Trinajstić information content (AvgIpc) is 2.43. The van der Waals surface area contributed by atoms with E-state index in [4.69, 9.17) is 0 Å². The summed E-state index contributed by atoms with van der Waals surface area (Å²) in [6.07, 6.45) is 1.94. The van der Waals surface area contributed by atoms with Crippen molar-refractivity contribution in [2.24, 2.45) is 5.10 Å². The maximum absolute atomic E-state index is 11.7. The molecule has 19 heavy (non-hydrogen) atoms. The Morgan fingerprint density at radius 1 is 1.11 bits per heavy atom. The highest BCUT2D eigenvalue weighted by atomic mass is 79.9. The highest BCUT2D eigenvalue weighted by molar-refractivity contribution is 9.10. The lowest BCUT2D eigenvalue weighted by molar-refractivity contribution is -0.120. The van der Waals surface area contributed by atoms with Crippen molar-refractivity contribution in [3.05, 3.63) is 70.2 Å². The first-order valence-electron chi connectivity index (χ1n) is 5.85. The predicted molar refractivity (Wildman–Crippen MR) is 80.0 cm³/mol. The van der Waals surface area contributed by atoms with Crippen LogP contribution in [0.4, 0.5) is 0 Å². The van der Waals surface area contributed by atoms with E-state index < -0.39 is 0 Å². The van der Waals surface area contributed by atoms with Crippen LogP contribution in [0.3, 0.4) is 0 Å². The Balaban J connectivity index is 1.85. The molecule has 0 spiro atoms. The second-order valence-corrected chi connectivity index (χ2v) is 4.92. The van der Waals surface area contributed by atoms with Crippen LogP contribution in [0.2, 0.25) is 0 Å². The Kier molecular flexibility index (Phi) is 4.86. The maximum Gasteiger partial charge on any atom is 0.244 e. The molecule has 0 aliphatic heterocycles. The van der Waals surface area contributed by atoms with E-state index in [0.29, 0.717) is 6.42 Å². The first-order chi connectivity index (χ1) is 9.24. The number of carbonyl (C=O) groups is 1. The molecule has 1 amide bonds. The average molecular weight is 317 g/mol. The van der Waals surface area contributed by atoms with Crippen molar-refractivity contribution in [1.29, 1.82) is 0 Å². The molecule has 0 heterocycles. The summed E-state index contributed by atoms with van der Waals surface area (Å²) in [5.74, 6) is -0.130. The molecule has 0 saturated heterocycles. The van der Waals surface area contributed by atoms with Gasteiger partial charge in [0.05, 0.1) is 12.6 Å². The minimum Gasteiger partial charge on any atom is -0.273 e. The Hall–Kier alpha value is -1.94. The van der Waals surface area contributed by atoms with E-state index in [0.717, 1.165) is 15.6 Å². The number of nitrogens with zero attached hydrogens (tertiary/aromatic N) is 1. The summed E-state index contributed by atoms with van der Waals surface area (Å²) in [5.41, 5.74) is 4.42. The third kappa shape index (κ3) is 4.67. The monoisotopic (exact) mass is 316 g/mol. The van der Waals surface area contributed by atoms with Crippen molar-refractivity contribution in [3.63, 3.8) is 0 Å². The molecule has 0 aliphatic carbocycles. The van der Waals surface area contributed by atoms with E-state index in [2.05, 4.69) is 26.5 Å².